The van der Waals surface area contributed by atoms with Crippen molar-refractivity contribution in [1.29, 1.82) is 0 Å². The predicted octanol–water partition coefficient (Wildman–Crippen LogP) is 0.976. The van der Waals surface area contributed by atoms with Crippen molar-refractivity contribution in [3.8, 4) is 0 Å². The Labute approximate surface area is 70.2 Å². The lowest BCUT2D eigenvalue weighted by atomic mass is 10.2. The number of carbonyl (C=O) groups excluding carboxylic acids is 1. The van der Waals surface area contributed by atoms with E-state index in [2.05, 4.69) is 4.74 Å². The van der Waals surface area contributed by atoms with E-state index in [1.54, 1.807) is 13.8 Å². The maximum Gasteiger partial charge on any atom is 0.409 e. The van der Waals surface area contributed by atoms with E-state index in [1.165, 1.54) is 6.08 Å². The molecule has 0 bridgehead atoms. The van der Waals surface area contributed by atoms with Gasteiger partial charge >= 0.3 is 11.7 Å². The standard InChI is InChI=1S/C7H11NO4/c1-5(2)4-6(8(10)11)7(9)12-3/h4-5H,1-3H3/b6-4-. The number of allylic oxidation sites excluding steroid dienone is 1. The Balaban J connectivity index is 4.67. The zero-order chi connectivity index (χ0) is 9.72. The van der Waals surface area contributed by atoms with E-state index in [4.69, 9.17) is 0 Å². The first-order valence-electron chi connectivity index (χ1n) is 3.43. The number of hydrogen-bond acceptors (Lipinski definition) is 4. The van der Waals surface area contributed by atoms with Gasteiger partial charge in [0.25, 0.3) is 0 Å². The van der Waals surface area contributed by atoms with E-state index in [-0.39, 0.29) is 5.92 Å². The zero-order valence-electron chi connectivity index (χ0n) is 7.23. The van der Waals surface area contributed by atoms with Crippen molar-refractivity contribution in [2.45, 2.75) is 13.8 Å². The summed E-state index contributed by atoms with van der Waals surface area (Å²) in [5, 5.41) is 10.3. The molecule has 0 unspecified atom stereocenters. The monoisotopic (exact) mass is 173 g/mol. The molecule has 0 amide bonds. The van der Waals surface area contributed by atoms with Crippen LogP contribution in [-0.2, 0) is 9.53 Å². The van der Waals surface area contributed by atoms with Crippen LogP contribution in [-0.4, -0.2) is 18.0 Å². The highest BCUT2D eigenvalue weighted by atomic mass is 16.6. The highest BCUT2D eigenvalue weighted by molar-refractivity contribution is 5.85. The Morgan fingerprint density at radius 2 is 2.08 bits per heavy atom. The molecular formula is C7H11NO4. The quantitative estimate of drug-likeness (QED) is 0.276. The molecule has 0 aliphatic rings. The smallest absolute Gasteiger partial charge is 0.409 e. The lowest BCUT2D eigenvalue weighted by Gasteiger charge is -1.97. The Bertz CT molecular complexity index is 219. The number of esters is 1. The molecular weight excluding hydrogens is 162 g/mol. The molecule has 0 aliphatic carbocycles. The van der Waals surface area contributed by atoms with Gasteiger partial charge in [0.05, 0.1) is 12.0 Å². The number of ether oxygens (including phenoxy) is 1. The number of hydrogen-bond donors (Lipinski definition) is 0. The number of methoxy groups -OCH3 is 1. The minimum absolute atomic E-state index is 0.0514. The highest BCUT2D eigenvalue weighted by Crippen LogP contribution is 2.04. The van der Waals surface area contributed by atoms with Crippen LogP contribution in [0.1, 0.15) is 13.8 Å². The first-order valence-corrected chi connectivity index (χ1v) is 3.43. The molecule has 0 fully saturated rings. The predicted molar refractivity (Wildman–Crippen MR) is 41.9 cm³/mol. The third-order valence-corrected chi connectivity index (χ3v) is 1.08. The highest BCUT2D eigenvalue weighted by Gasteiger charge is 2.22. The maximum atomic E-state index is 10.8. The molecule has 0 spiro atoms. The van der Waals surface area contributed by atoms with Gasteiger partial charge in [-0.15, -0.1) is 0 Å². The van der Waals surface area contributed by atoms with Gasteiger partial charge in [-0.25, -0.2) is 4.79 Å². The van der Waals surface area contributed by atoms with Crippen LogP contribution < -0.4 is 0 Å². The minimum atomic E-state index is -0.909. The SMILES string of the molecule is COC(=O)/C(=C/C(C)C)[N+](=O)[O-]. The van der Waals surface area contributed by atoms with E-state index in [0.717, 1.165) is 7.11 Å². The summed E-state index contributed by atoms with van der Waals surface area (Å²) < 4.78 is 4.23. The van der Waals surface area contributed by atoms with Crippen molar-refractivity contribution in [2.24, 2.45) is 5.92 Å². The average Bonchev–Trinajstić information content (AvgIpc) is 1.98. The van der Waals surface area contributed by atoms with E-state index in [1.807, 2.05) is 0 Å². The summed E-state index contributed by atoms with van der Waals surface area (Å²) in [6.07, 6.45) is 1.26. The van der Waals surface area contributed by atoms with Crippen LogP contribution >= 0.6 is 0 Å². The van der Waals surface area contributed by atoms with Crippen LogP contribution in [0.15, 0.2) is 11.8 Å². The fourth-order valence-electron chi connectivity index (χ4n) is 0.624. The Morgan fingerprint density at radius 3 is 2.33 bits per heavy atom. The lowest BCUT2D eigenvalue weighted by molar-refractivity contribution is -0.421. The third-order valence-electron chi connectivity index (χ3n) is 1.08. The first kappa shape index (κ1) is 10.6. The lowest BCUT2D eigenvalue weighted by Crippen LogP contribution is -2.13. The molecule has 0 aromatic rings. The van der Waals surface area contributed by atoms with Crippen LogP contribution in [0.25, 0.3) is 0 Å². The fraction of sp³-hybridized carbons (Fsp3) is 0.571. The third kappa shape index (κ3) is 3.14. The molecule has 0 saturated carbocycles. The van der Waals surface area contributed by atoms with Crippen molar-refractivity contribution in [3.05, 3.63) is 21.9 Å². The van der Waals surface area contributed by atoms with E-state index < -0.39 is 16.6 Å². The second kappa shape index (κ2) is 4.48. The average molecular weight is 173 g/mol. The van der Waals surface area contributed by atoms with Gasteiger partial charge in [-0.1, -0.05) is 13.8 Å². The Hall–Kier alpha value is -1.39. The summed E-state index contributed by atoms with van der Waals surface area (Å²) in [6, 6.07) is 0. The number of nitrogens with zero attached hydrogens (tertiary/aromatic N) is 1. The first-order chi connectivity index (χ1) is 5.49. The Kier molecular flexibility index (Phi) is 3.96. The van der Waals surface area contributed by atoms with Crippen LogP contribution in [0, 0.1) is 16.0 Å². The molecule has 0 aliphatic heterocycles. The second-order valence-electron chi connectivity index (χ2n) is 2.54. The molecule has 0 aromatic carbocycles. The van der Waals surface area contributed by atoms with E-state index in [9.17, 15) is 14.9 Å². The molecule has 0 saturated heterocycles. The summed E-state index contributed by atoms with van der Waals surface area (Å²) in [7, 11) is 1.11. The van der Waals surface area contributed by atoms with Crippen LogP contribution in [0.2, 0.25) is 0 Å². The molecule has 0 rings (SSSR count). The van der Waals surface area contributed by atoms with Gasteiger partial charge in [0.2, 0.25) is 0 Å². The van der Waals surface area contributed by atoms with Crippen LogP contribution in [0.5, 0.6) is 0 Å². The molecule has 0 atom stereocenters. The summed E-state index contributed by atoms with van der Waals surface area (Å²) in [5.41, 5.74) is -0.507. The number of carbonyl (C=O) groups is 1. The van der Waals surface area contributed by atoms with Crippen molar-refractivity contribution in [1.82, 2.24) is 0 Å². The molecule has 0 N–H and O–H groups in total. The molecule has 0 aromatic heterocycles. The minimum Gasteiger partial charge on any atom is -0.461 e. The van der Waals surface area contributed by atoms with E-state index in [0.29, 0.717) is 0 Å². The Morgan fingerprint density at radius 1 is 1.58 bits per heavy atom. The van der Waals surface area contributed by atoms with Gasteiger partial charge in [0.1, 0.15) is 0 Å². The van der Waals surface area contributed by atoms with E-state index >= 15 is 0 Å². The summed E-state index contributed by atoms with van der Waals surface area (Å²) in [6.45, 7) is 3.48. The van der Waals surface area contributed by atoms with Gasteiger partial charge in [-0.2, -0.15) is 0 Å². The summed E-state index contributed by atoms with van der Waals surface area (Å²) in [5.74, 6) is -0.960. The number of rotatable bonds is 3. The summed E-state index contributed by atoms with van der Waals surface area (Å²) in [4.78, 5) is 20.3. The van der Waals surface area contributed by atoms with Gasteiger partial charge in [0.15, 0.2) is 0 Å². The normalized spacial score (nSPS) is 11.5. The van der Waals surface area contributed by atoms with Crippen molar-refractivity contribution < 1.29 is 14.5 Å². The number of nitro groups is 1. The van der Waals surface area contributed by atoms with Gasteiger partial charge in [-0.05, 0) is 5.92 Å². The largest absolute Gasteiger partial charge is 0.461 e. The van der Waals surface area contributed by atoms with Gasteiger partial charge < -0.3 is 4.74 Å². The van der Waals surface area contributed by atoms with Crippen molar-refractivity contribution in [3.63, 3.8) is 0 Å². The molecule has 0 heterocycles. The summed E-state index contributed by atoms with van der Waals surface area (Å²) >= 11 is 0. The topological polar surface area (TPSA) is 69.4 Å². The molecule has 68 valence electrons. The molecule has 5 heteroatoms. The van der Waals surface area contributed by atoms with Crippen LogP contribution in [0.4, 0.5) is 0 Å². The zero-order valence-corrected chi connectivity index (χ0v) is 7.23. The fourth-order valence-corrected chi connectivity index (χ4v) is 0.624. The molecule has 5 nitrogen and oxygen atoms in total. The van der Waals surface area contributed by atoms with Crippen LogP contribution in [0.3, 0.4) is 0 Å². The van der Waals surface area contributed by atoms with Crippen molar-refractivity contribution >= 4 is 5.97 Å². The molecule has 0 radical (unpaired) electrons. The molecule has 12 heavy (non-hydrogen) atoms. The van der Waals surface area contributed by atoms with Crippen molar-refractivity contribution in [2.75, 3.05) is 7.11 Å². The van der Waals surface area contributed by atoms with Gasteiger partial charge in [-0.3, -0.25) is 10.1 Å². The maximum absolute atomic E-state index is 10.8. The second-order valence-corrected chi connectivity index (χ2v) is 2.54. The van der Waals surface area contributed by atoms with Gasteiger partial charge in [0, 0.05) is 6.08 Å².